The van der Waals surface area contributed by atoms with E-state index in [9.17, 15) is 84.3 Å². The number of carbonyl (C=O) groups excluding carboxylic acids is 13. The molecule has 10 rings (SSSR count). The lowest BCUT2D eigenvalue weighted by Crippen LogP contribution is -2.28. The van der Waals surface area contributed by atoms with E-state index in [1.165, 1.54) is 60.8 Å². The van der Waals surface area contributed by atoms with Crippen LogP contribution in [0.5, 0.6) is 0 Å². The molecule has 0 saturated heterocycles. The fourth-order valence-corrected chi connectivity index (χ4v) is 13.3. The Hall–Kier alpha value is -11.4. The maximum absolute atomic E-state index is 13.7. The van der Waals surface area contributed by atoms with Gasteiger partial charge in [-0.2, -0.15) is 0 Å². The highest BCUT2D eigenvalue weighted by Crippen LogP contribution is 2.42. The lowest BCUT2D eigenvalue weighted by atomic mass is 10.0. The van der Waals surface area contributed by atoms with E-state index in [2.05, 4.69) is 26.3 Å². The summed E-state index contributed by atoms with van der Waals surface area (Å²) in [5.41, 5.74) is 22.9. The summed E-state index contributed by atoms with van der Waals surface area (Å²) in [6.07, 6.45) is 2.99. The summed E-state index contributed by atoms with van der Waals surface area (Å²) in [5.74, 6) is -9.81. The average molecular weight is 1580 g/mol. The molecule has 1 aliphatic rings. The van der Waals surface area contributed by atoms with Gasteiger partial charge in [0.2, 0.25) is 44.1 Å². The number of amides is 8. The van der Waals surface area contributed by atoms with E-state index in [1.807, 2.05) is 12.1 Å². The van der Waals surface area contributed by atoms with Gasteiger partial charge in [-0.3, -0.25) is 67.3 Å². The maximum Gasteiger partial charge on any atom is 0.252 e. The SMILES string of the molecule is NC(=O)CCNC(=O)c1cc(Cl)ccc1SC(=O)c1cccnc1.NC(=O)CCNC(=O)c1ccc(Cl)cc1SC(=O)c1cccc2c1-c1ccccc1C2=O.NC(=O)CCNC(=O)c1ccccc1SC(=O)c1c(F)cc(F)cc1F.NC(=O)CCNC(=O)c1ccccc1SC(=O)c1ccc(F)cc1F. The van der Waals surface area contributed by atoms with Crippen LogP contribution in [-0.2, 0) is 19.2 Å². The molecule has 0 bridgehead atoms. The van der Waals surface area contributed by atoms with Crippen LogP contribution in [0.15, 0.2) is 202 Å². The van der Waals surface area contributed by atoms with E-state index in [-0.39, 0.29) is 101 Å². The highest BCUT2D eigenvalue weighted by Gasteiger charge is 2.32. The van der Waals surface area contributed by atoms with E-state index in [1.54, 1.807) is 79.0 Å². The molecule has 0 saturated carbocycles. The second kappa shape index (κ2) is 40.2. The molecule has 9 aromatic rings. The van der Waals surface area contributed by atoms with Crippen molar-refractivity contribution in [3.8, 4) is 11.1 Å². The molecule has 8 aromatic carbocycles. The number of nitrogens with one attached hydrogen (secondary N) is 4. The van der Waals surface area contributed by atoms with Gasteiger partial charge in [0.25, 0.3) is 23.6 Å². The Morgan fingerprint density at radius 1 is 0.364 bits per heavy atom. The minimum Gasteiger partial charge on any atom is -0.370 e. The molecule has 0 radical (unpaired) electrons. The number of aromatic nitrogens is 1. The number of hydrogen-bond acceptors (Lipinski definition) is 18. The van der Waals surface area contributed by atoms with Crippen LogP contribution < -0.4 is 44.2 Å². The first kappa shape index (κ1) is 82.9. The number of benzene rings is 8. The van der Waals surface area contributed by atoms with Gasteiger partial charge >= 0.3 is 0 Å². The Morgan fingerprint density at radius 3 is 1.30 bits per heavy atom. The van der Waals surface area contributed by atoms with Gasteiger partial charge in [-0.1, -0.05) is 83.9 Å². The molecule has 0 fully saturated rings. The fraction of sp³-hybridized carbons (Fsp3) is 0.108. The Morgan fingerprint density at radius 2 is 0.776 bits per heavy atom. The number of pyridine rings is 1. The van der Waals surface area contributed by atoms with E-state index in [0.717, 1.165) is 35.7 Å². The number of primary amides is 4. The molecule has 0 atom stereocenters. The van der Waals surface area contributed by atoms with E-state index in [0.29, 0.717) is 99.8 Å². The van der Waals surface area contributed by atoms with Gasteiger partial charge in [0.05, 0.1) is 27.8 Å². The number of halogens is 7. The van der Waals surface area contributed by atoms with Crippen molar-refractivity contribution in [2.24, 2.45) is 22.9 Å². The molecule has 550 valence electrons. The summed E-state index contributed by atoms with van der Waals surface area (Å²) in [6.45, 7) is 0.261. The number of nitrogens with two attached hydrogens (primary N) is 4. The normalized spacial score (nSPS) is 10.7. The molecule has 33 heteroatoms. The van der Waals surface area contributed by atoms with Gasteiger partial charge in [-0.25, -0.2) is 22.0 Å². The third-order valence-electron chi connectivity index (χ3n) is 14.3. The van der Waals surface area contributed by atoms with Crippen LogP contribution in [0.2, 0.25) is 10.0 Å². The van der Waals surface area contributed by atoms with E-state index in [4.69, 9.17) is 46.1 Å². The predicted molar refractivity (Wildman–Crippen MR) is 393 cm³/mol. The van der Waals surface area contributed by atoms with Gasteiger partial charge in [0.1, 0.15) is 34.6 Å². The predicted octanol–water partition coefficient (Wildman–Crippen LogP) is 11.5. The summed E-state index contributed by atoms with van der Waals surface area (Å²) in [4.78, 5) is 160. The first-order valence-corrected chi connectivity index (χ1v) is 35.2. The van der Waals surface area contributed by atoms with E-state index < -0.39 is 92.1 Å². The Balaban J connectivity index is 0.000000200. The van der Waals surface area contributed by atoms with Gasteiger partial charge in [-0.05, 0) is 144 Å². The number of ketones is 1. The van der Waals surface area contributed by atoms with Crippen molar-refractivity contribution < 1.29 is 84.3 Å². The van der Waals surface area contributed by atoms with Gasteiger partial charge in [0.15, 0.2) is 5.78 Å². The van der Waals surface area contributed by atoms with Crippen LogP contribution in [0.4, 0.5) is 22.0 Å². The molecule has 22 nitrogen and oxygen atoms in total. The van der Waals surface area contributed by atoms with Crippen molar-refractivity contribution in [2.75, 3.05) is 26.2 Å². The topological polar surface area (TPSA) is 387 Å². The molecule has 1 heterocycles. The molecule has 8 amide bonds. The number of fused-ring (bicyclic) bond motifs is 3. The zero-order chi connectivity index (χ0) is 78.0. The Kier molecular flexibility index (Phi) is 31.2. The van der Waals surface area contributed by atoms with Gasteiger partial charge in [0, 0.05) is 140 Å². The van der Waals surface area contributed by atoms with Crippen molar-refractivity contribution in [3.63, 3.8) is 0 Å². The zero-order valence-corrected chi connectivity index (χ0v) is 60.1. The van der Waals surface area contributed by atoms with Crippen LogP contribution in [-0.4, -0.2) is 105 Å². The number of rotatable bonds is 24. The molecule has 1 aliphatic carbocycles. The van der Waals surface area contributed by atoms with Gasteiger partial charge in [-0.15, -0.1) is 0 Å². The van der Waals surface area contributed by atoms with Crippen molar-refractivity contribution in [3.05, 3.63) is 277 Å². The average Bonchev–Trinajstić information content (AvgIpc) is 1.60. The highest BCUT2D eigenvalue weighted by atomic mass is 35.5. The Labute approximate surface area is 632 Å². The van der Waals surface area contributed by atoms with Gasteiger partial charge < -0.3 is 44.2 Å². The smallest absolute Gasteiger partial charge is 0.252 e. The van der Waals surface area contributed by atoms with Crippen molar-refractivity contribution in [1.29, 1.82) is 0 Å². The first-order chi connectivity index (χ1) is 51.0. The molecule has 0 aliphatic heterocycles. The van der Waals surface area contributed by atoms with Crippen molar-refractivity contribution >= 4 is 144 Å². The second-order valence-electron chi connectivity index (χ2n) is 21.9. The lowest BCUT2D eigenvalue weighted by Gasteiger charge is -2.11. The van der Waals surface area contributed by atoms with Crippen LogP contribution in [0.25, 0.3) is 11.1 Å². The monoisotopic (exact) mass is 1570 g/mol. The summed E-state index contributed by atoms with van der Waals surface area (Å²) in [5, 5.41) is 8.66. The molecular weight excluding hydrogens is 1520 g/mol. The number of nitrogens with zero attached hydrogens (tertiary/aromatic N) is 1. The van der Waals surface area contributed by atoms with Crippen LogP contribution in [0.3, 0.4) is 0 Å². The molecule has 12 N–H and O–H groups in total. The molecule has 1 aromatic heterocycles. The second-order valence-corrected chi connectivity index (χ2v) is 26.9. The largest absolute Gasteiger partial charge is 0.370 e. The minimum atomic E-state index is -1.33. The lowest BCUT2D eigenvalue weighted by molar-refractivity contribution is -0.118. The molecule has 0 unspecified atom stereocenters. The summed E-state index contributed by atoms with van der Waals surface area (Å²) in [7, 11) is 0. The van der Waals surface area contributed by atoms with Crippen LogP contribution >= 0.6 is 70.2 Å². The maximum atomic E-state index is 13.7. The third-order valence-corrected chi connectivity index (χ3v) is 18.7. The Bertz CT molecular complexity index is 4950. The third kappa shape index (κ3) is 24.4. The first-order valence-electron chi connectivity index (χ1n) is 31.2. The highest BCUT2D eigenvalue weighted by molar-refractivity contribution is 8.15. The summed E-state index contributed by atoms with van der Waals surface area (Å²) in [6, 6.07) is 40.4. The fourth-order valence-electron chi connectivity index (χ4n) is 9.34. The van der Waals surface area contributed by atoms with Crippen molar-refractivity contribution in [2.45, 2.75) is 45.3 Å². The molecular formula is C74H58Cl2F5N9O13S4. The number of hydrogen-bond donors (Lipinski definition) is 8. The molecule has 107 heavy (non-hydrogen) atoms. The summed E-state index contributed by atoms with van der Waals surface area (Å²) >= 11 is 14.9. The van der Waals surface area contributed by atoms with Crippen molar-refractivity contribution in [1.82, 2.24) is 26.3 Å². The number of thioether (sulfide) groups is 4. The minimum absolute atomic E-state index is 0.00231. The molecule has 0 spiro atoms. The van der Waals surface area contributed by atoms with Crippen LogP contribution in [0.1, 0.15) is 124 Å². The van der Waals surface area contributed by atoms with Crippen LogP contribution in [0, 0.1) is 29.1 Å². The number of carbonyl (C=O) groups is 13. The standard InChI is InChI=1S/C24H17ClN2O4S.C17H13F3N2O3S.C17H14F2N2O3S.C16H14ClN3O3S/c25-13-8-9-16(23(30)27-11-10-20(26)28)19(12-13)32-24(31)18-7-3-6-17-21(18)14-4-1-2-5-15(14)22(17)29;18-9-7-11(19)15(12(20)8-9)17(25)26-13-4-2-1-3-10(13)16(24)22-6-5-14(21)23;18-10-5-6-11(13(19)9-10)17(24)25-14-4-2-1-3-12(14)16(23)21-8-7-15(20)22;17-11-3-4-13(24-16(23)10-2-1-6-19-9-10)12(8-11)15(22)20-7-5-14(18)21/h1-9,12H,10-11H2,(H2,26,28)(H,27,30);1-4,7-8H,5-6H2,(H2,21,23)(H,22,24);1-6,9H,7-8H2,(H2,20,22)(H,21,23);1-4,6,8-9H,5,7H2,(H2,18,21)(H,20,22). The quantitative estimate of drug-likeness (QED) is 0.0206. The van der Waals surface area contributed by atoms with E-state index >= 15 is 0 Å². The zero-order valence-electron chi connectivity index (χ0n) is 55.3. The summed E-state index contributed by atoms with van der Waals surface area (Å²) < 4.78 is 67.1.